The van der Waals surface area contributed by atoms with Gasteiger partial charge in [-0.2, -0.15) is 0 Å². The van der Waals surface area contributed by atoms with Crippen LogP contribution in [0.3, 0.4) is 0 Å². The van der Waals surface area contributed by atoms with Crippen molar-refractivity contribution in [2.45, 2.75) is 64.0 Å². The van der Waals surface area contributed by atoms with Gasteiger partial charge in [0.2, 0.25) is 0 Å². The third-order valence-corrected chi connectivity index (χ3v) is 3.85. The molecule has 0 bridgehead atoms. The number of hydrogen-bond acceptors (Lipinski definition) is 2. The minimum Gasteiger partial charge on any atom is -0.480 e. The van der Waals surface area contributed by atoms with E-state index in [4.69, 9.17) is 0 Å². The Morgan fingerprint density at radius 2 is 2.00 bits per heavy atom. The molecule has 1 aliphatic rings. The van der Waals surface area contributed by atoms with Gasteiger partial charge in [0, 0.05) is 6.04 Å². The van der Waals surface area contributed by atoms with E-state index in [1.165, 1.54) is 12.8 Å². The van der Waals surface area contributed by atoms with E-state index in [2.05, 4.69) is 4.90 Å². The van der Waals surface area contributed by atoms with Gasteiger partial charge >= 0.3 is 5.97 Å². The molecule has 0 aromatic carbocycles. The molecule has 1 unspecified atom stereocenters. The van der Waals surface area contributed by atoms with Gasteiger partial charge in [0.05, 0.1) is 0 Å². The predicted octanol–water partition coefficient (Wildman–Crippen LogP) is 2.50. The Kier molecular flexibility index (Phi) is 4.14. The van der Waals surface area contributed by atoms with Crippen LogP contribution >= 0.6 is 0 Å². The number of likely N-dealkylation sites (N-methyl/N-ethyl adjacent to an activating group) is 1. The Labute approximate surface area is 92.5 Å². The first-order valence-electron chi connectivity index (χ1n) is 5.98. The van der Waals surface area contributed by atoms with E-state index in [1.807, 2.05) is 20.9 Å². The normalized spacial score (nSPS) is 21.9. The summed E-state index contributed by atoms with van der Waals surface area (Å²) in [7, 11) is 1.97. The zero-order chi connectivity index (χ0) is 11.5. The first-order chi connectivity index (χ1) is 7.02. The van der Waals surface area contributed by atoms with Crippen molar-refractivity contribution in [3.8, 4) is 0 Å². The summed E-state index contributed by atoms with van der Waals surface area (Å²) in [6.07, 6.45) is 6.45. The van der Waals surface area contributed by atoms with Gasteiger partial charge in [0.1, 0.15) is 5.54 Å². The van der Waals surface area contributed by atoms with Crippen LogP contribution in [-0.2, 0) is 4.79 Å². The van der Waals surface area contributed by atoms with Gasteiger partial charge in [0.15, 0.2) is 0 Å². The Balaban J connectivity index is 2.73. The highest BCUT2D eigenvalue weighted by Crippen LogP contribution is 2.30. The van der Waals surface area contributed by atoms with E-state index in [9.17, 15) is 9.90 Å². The lowest BCUT2D eigenvalue weighted by molar-refractivity contribution is -0.151. The van der Waals surface area contributed by atoms with Crippen LogP contribution in [0.1, 0.15) is 52.4 Å². The van der Waals surface area contributed by atoms with Crippen LogP contribution in [0.25, 0.3) is 0 Å². The van der Waals surface area contributed by atoms with E-state index in [0.717, 1.165) is 25.7 Å². The standard InChI is InChI=1S/C12H23NO2/c1-4-9-12(2,11(14)15)13(3)10-7-5-6-8-10/h10H,4-9H2,1-3H3,(H,14,15). The summed E-state index contributed by atoms with van der Waals surface area (Å²) >= 11 is 0. The van der Waals surface area contributed by atoms with Crippen molar-refractivity contribution < 1.29 is 9.90 Å². The summed E-state index contributed by atoms with van der Waals surface area (Å²) in [5, 5.41) is 9.35. The maximum absolute atomic E-state index is 11.4. The number of hydrogen-bond donors (Lipinski definition) is 1. The largest absolute Gasteiger partial charge is 0.480 e. The van der Waals surface area contributed by atoms with Crippen LogP contribution in [0.2, 0.25) is 0 Å². The molecule has 0 aromatic rings. The summed E-state index contributed by atoms with van der Waals surface area (Å²) < 4.78 is 0. The average molecular weight is 213 g/mol. The lowest BCUT2D eigenvalue weighted by Crippen LogP contribution is -2.54. The molecule has 1 atom stereocenters. The Bertz CT molecular complexity index is 224. The topological polar surface area (TPSA) is 40.5 Å². The number of aliphatic carboxylic acids is 1. The van der Waals surface area contributed by atoms with Gasteiger partial charge in [0.25, 0.3) is 0 Å². The molecule has 0 heterocycles. The fourth-order valence-electron chi connectivity index (χ4n) is 2.62. The fraction of sp³-hybridized carbons (Fsp3) is 0.917. The van der Waals surface area contributed by atoms with Crippen molar-refractivity contribution in [2.75, 3.05) is 7.05 Å². The molecular weight excluding hydrogens is 190 g/mol. The monoisotopic (exact) mass is 213 g/mol. The Morgan fingerprint density at radius 1 is 1.47 bits per heavy atom. The molecule has 3 heteroatoms. The van der Waals surface area contributed by atoms with E-state index < -0.39 is 11.5 Å². The molecule has 0 radical (unpaired) electrons. The van der Waals surface area contributed by atoms with E-state index in [0.29, 0.717) is 6.04 Å². The molecule has 3 nitrogen and oxygen atoms in total. The van der Waals surface area contributed by atoms with Crippen molar-refractivity contribution in [2.24, 2.45) is 0 Å². The maximum atomic E-state index is 11.4. The SMILES string of the molecule is CCCC(C)(C(=O)O)N(C)C1CCCC1. The molecule has 1 N–H and O–H groups in total. The number of carbonyl (C=O) groups is 1. The quantitative estimate of drug-likeness (QED) is 0.763. The highest BCUT2D eigenvalue weighted by molar-refractivity contribution is 5.78. The smallest absolute Gasteiger partial charge is 0.323 e. The molecule has 15 heavy (non-hydrogen) atoms. The van der Waals surface area contributed by atoms with Gasteiger partial charge < -0.3 is 5.11 Å². The molecule has 88 valence electrons. The second-order valence-electron chi connectivity index (χ2n) is 4.88. The van der Waals surface area contributed by atoms with E-state index in [-0.39, 0.29) is 0 Å². The number of rotatable bonds is 5. The van der Waals surface area contributed by atoms with Crippen LogP contribution in [0.4, 0.5) is 0 Å². The number of carboxylic acid groups (broad SMARTS) is 1. The van der Waals surface area contributed by atoms with Gasteiger partial charge in [-0.3, -0.25) is 9.69 Å². The summed E-state index contributed by atoms with van der Waals surface area (Å²) in [6.45, 7) is 3.90. The van der Waals surface area contributed by atoms with Gasteiger partial charge in [-0.15, -0.1) is 0 Å². The molecule has 0 aliphatic heterocycles. The minimum atomic E-state index is -0.682. The highest BCUT2D eigenvalue weighted by atomic mass is 16.4. The van der Waals surface area contributed by atoms with Crippen LogP contribution in [0.5, 0.6) is 0 Å². The zero-order valence-electron chi connectivity index (χ0n) is 10.1. The summed E-state index contributed by atoms with van der Waals surface area (Å²) in [4.78, 5) is 13.5. The molecule has 1 fully saturated rings. The predicted molar refractivity (Wildman–Crippen MR) is 61.0 cm³/mol. The van der Waals surface area contributed by atoms with Crippen LogP contribution in [0.15, 0.2) is 0 Å². The molecule has 1 saturated carbocycles. The first kappa shape index (κ1) is 12.5. The number of nitrogens with zero attached hydrogens (tertiary/aromatic N) is 1. The lowest BCUT2D eigenvalue weighted by atomic mass is 9.92. The molecule has 0 saturated heterocycles. The second-order valence-corrected chi connectivity index (χ2v) is 4.88. The van der Waals surface area contributed by atoms with Crippen molar-refractivity contribution in [3.63, 3.8) is 0 Å². The summed E-state index contributed by atoms with van der Waals surface area (Å²) in [6, 6.07) is 0.470. The molecule has 1 rings (SSSR count). The average Bonchev–Trinajstić information content (AvgIpc) is 2.69. The van der Waals surface area contributed by atoms with E-state index in [1.54, 1.807) is 0 Å². The summed E-state index contributed by atoms with van der Waals surface area (Å²) in [5.74, 6) is -0.682. The maximum Gasteiger partial charge on any atom is 0.323 e. The van der Waals surface area contributed by atoms with Crippen molar-refractivity contribution in [3.05, 3.63) is 0 Å². The third kappa shape index (κ3) is 2.51. The van der Waals surface area contributed by atoms with Crippen LogP contribution in [-0.4, -0.2) is 34.6 Å². The first-order valence-corrected chi connectivity index (χ1v) is 5.98. The Morgan fingerprint density at radius 3 is 2.40 bits per heavy atom. The van der Waals surface area contributed by atoms with Crippen molar-refractivity contribution in [1.29, 1.82) is 0 Å². The zero-order valence-corrected chi connectivity index (χ0v) is 10.1. The molecule has 0 amide bonds. The minimum absolute atomic E-state index is 0.470. The Hall–Kier alpha value is -0.570. The highest BCUT2D eigenvalue weighted by Gasteiger charge is 2.40. The van der Waals surface area contributed by atoms with Gasteiger partial charge in [-0.1, -0.05) is 26.2 Å². The van der Waals surface area contributed by atoms with Crippen molar-refractivity contribution >= 4 is 5.97 Å². The van der Waals surface area contributed by atoms with E-state index >= 15 is 0 Å². The van der Waals surface area contributed by atoms with Gasteiger partial charge in [-0.05, 0) is 33.2 Å². The summed E-state index contributed by atoms with van der Waals surface area (Å²) in [5.41, 5.74) is -0.677. The number of carboxylic acids is 1. The third-order valence-electron chi connectivity index (χ3n) is 3.85. The van der Waals surface area contributed by atoms with Crippen LogP contribution < -0.4 is 0 Å². The second kappa shape index (κ2) is 4.97. The fourth-order valence-corrected chi connectivity index (χ4v) is 2.62. The lowest BCUT2D eigenvalue weighted by Gasteiger charge is -2.39. The van der Waals surface area contributed by atoms with Crippen LogP contribution in [0, 0.1) is 0 Å². The molecular formula is C12H23NO2. The molecule has 0 spiro atoms. The van der Waals surface area contributed by atoms with Crippen molar-refractivity contribution in [1.82, 2.24) is 4.90 Å². The van der Waals surface area contributed by atoms with Gasteiger partial charge in [-0.25, -0.2) is 0 Å². The molecule has 1 aliphatic carbocycles. The molecule has 0 aromatic heterocycles.